The van der Waals surface area contributed by atoms with E-state index in [9.17, 15) is 9.59 Å². The predicted octanol–water partition coefficient (Wildman–Crippen LogP) is 1.78. The summed E-state index contributed by atoms with van der Waals surface area (Å²) in [5, 5.41) is 3.87. The summed E-state index contributed by atoms with van der Waals surface area (Å²) in [6, 6.07) is 0. The maximum atomic E-state index is 12.0. The molecule has 6 heteroatoms. The third kappa shape index (κ3) is 4.28. The largest absolute Gasteiger partial charge is 0.463 e. The van der Waals surface area contributed by atoms with Crippen molar-refractivity contribution in [2.75, 3.05) is 7.11 Å². The van der Waals surface area contributed by atoms with E-state index in [1.165, 1.54) is 18.1 Å². The number of aromatic nitrogens is 3. The fourth-order valence-electron chi connectivity index (χ4n) is 1.81. The first-order chi connectivity index (χ1) is 10.7. The second-order valence-electron chi connectivity index (χ2n) is 4.47. The molecular formula is C16H15N3O3. The summed E-state index contributed by atoms with van der Waals surface area (Å²) >= 11 is 0. The minimum absolute atomic E-state index is 0.0130. The van der Waals surface area contributed by atoms with Gasteiger partial charge in [-0.25, -0.2) is 14.5 Å². The van der Waals surface area contributed by atoms with Gasteiger partial charge in [-0.2, -0.15) is 5.10 Å². The summed E-state index contributed by atoms with van der Waals surface area (Å²) < 4.78 is 5.83. The number of ketones is 1. The first-order valence-electron chi connectivity index (χ1n) is 6.72. The van der Waals surface area contributed by atoms with Crippen molar-refractivity contribution in [3.8, 4) is 0 Å². The standard InChI is InChI=1S/C16H15N3O3/c1-22-16(21)15-17-12-18-19(15)11-14(20)10-9-13-7-5-3-2-4-6-8-13/h2-5,8,12H,9-11H2,1H3/b3-2-. The zero-order valence-electron chi connectivity index (χ0n) is 12.2. The van der Waals surface area contributed by atoms with Crippen LogP contribution >= 0.6 is 0 Å². The Morgan fingerprint density at radius 3 is 2.95 bits per heavy atom. The lowest BCUT2D eigenvalue weighted by atomic mass is 10.1. The van der Waals surface area contributed by atoms with E-state index in [1.54, 1.807) is 18.2 Å². The number of hydrogen-bond donors (Lipinski definition) is 0. The first-order valence-corrected chi connectivity index (χ1v) is 6.72. The van der Waals surface area contributed by atoms with Gasteiger partial charge in [0.15, 0.2) is 5.78 Å². The Labute approximate surface area is 127 Å². The number of esters is 1. The van der Waals surface area contributed by atoms with Gasteiger partial charge in [-0.15, -0.1) is 11.5 Å². The number of allylic oxidation sites excluding steroid dienone is 4. The Morgan fingerprint density at radius 2 is 2.14 bits per heavy atom. The lowest BCUT2D eigenvalue weighted by Gasteiger charge is -2.04. The lowest BCUT2D eigenvalue weighted by molar-refractivity contribution is -0.119. The zero-order chi connectivity index (χ0) is 15.8. The van der Waals surface area contributed by atoms with Gasteiger partial charge in [0.25, 0.3) is 0 Å². The molecular weight excluding hydrogens is 282 g/mol. The highest BCUT2D eigenvalue weighted by Crippen LogP contribution is 2.08. The van der Waals surface area contributed by atoms with E-state index in [-0.39, 0.29) is 18.2 Å². The normalized spacial score (nSPS) is 14.1. The van der Waals surface area contributed by atoms with E-state index in [0.29, 0.717) is 12.8 Å². The number of ether oxygens (including phenoxy) is 1. The number of carbonyl (C=O) groups is 2. The van der Waals surface area contributed by atoms with Gasteiger partial charge < -0.3 is 4.74 Å². The Hall–Kier alpha value is -2.94. The van der Waals surface area contributed by atoms with Crippen molar-refractivity contribution in [3.63, 3.8) is 0 Å². The van der Waals surface area contributed by atoms with Crippen LogP contribution in [0.3, 0.4) is 0 Å². The molecule has 0 atom stereocenters. The molecule has 1 aliphatic rings. The summed E-state index contributed by atoms with van der Waals surface area (Å²) in [7, 11) is 1.25. The Bertz CT molecular complexity index is 728. The fourth-order valence-corrected chi connectivity index (χ4v) is 1.81. The van der Waals surface area contributed by atoms with E-state index in [4.69, 9.17) is 0 Å². The van der Waals surface area contributed by atoms with Crippen molar-refractivity contribution in [1.82, 2.24) is 14.8 Å². The van der Waals surface area contributed by atoms with Gasteiger partial charge in [0, 0.05) is 12.0 Å². The van der Waals surface area contributed by atoms with Gasteiger partial charge >= 0.3 is 5.97 Å². The zero-order valence-corrected chi connectivity index (χ0v) is 12.2. The quantitative estimate of drug-likeness (QED) is 0.591. The van der Waals surface area contributed by atoms with Crippen LogP contribution in [0, 0.1) is 0 Å². The minimum Gasteiger partial charge on any atom is -0.463 e. The average Bonchev–Trinajstić information content (AvgIpc) is 2.93. The van der Waals surface area contributed by atoms with Crippen LogP contribution in [0.1, 0.15) is 23.5 Å². The summed E-state index contributed by atoms with van der Waals surface area (Å²) in [5.41, 5.74) is 6.95. The number of Topliss-reactive ketones (excluding diaryl/α,β-unsaturated/α-hetero) is 1. The Balaban J connectivity index is 1.95. The molecule has 0 bridgehead atoms. The van der Waals surface area contributed by atoms with Crippen molar-refractivity contribution in [2.45, 2.75) is 19.4 Å². The maximum absolute atomic E-state index is 12.0. The summed E-state index contributed by atoms with van der Waals surface area (Å²) in [4.78, 5) is 27.3. The van der Waals surface area contributed by atoms with Crippen LogP contribution in [0.25, 0.3) is 0 Å². The van der Waals surface area contributed by atoms with E-state index >= 15 is 0 Å². The molecule has 0 saturated heterocycles. The van der Waals surface area contributed by atoms with E-state index < -0.39 is 5.97 Å². The number of hydrogen-bond acceptors (Lipinski definition) is 5. The second-order valence-corrected chi connectivity index (χ2v) is 4.47. The van der Waals surface area contributed by atoms with Crippen LogP contribution < -0.4 is 0 Å². The van der Waals surface area contributed by atoms with Crippen molar-refractivity contribution >= 4 is 11.8 Å². The van der Waals surface area contributed by atoms with Crippen molar-refractivity contribution < 1.29 is 14.3 Å². The molecule has 1 aliphatic carbocycles. The molecule has 22 heavy (non-hydrogen) atoms. The van der Waals surface area contributed by atoms with Crippen molar-refractivity contribution in [3.05, 3.63) is 59.6 Å². The third-order valence-electron chi connectivity index (χ3n) is 2.91. The molecule has 0 radical (unpaired) electrons. The lowest BCUT2D eigenvalue weighted by Crippen LogP contribution is -2.18. The highest BCUT2D eigenvalue weighted by molar-refractivity contribution is 5.86. The number of methoxy groups -OCH3 is 1. The predicted molar refractivity (Wildman–Crippen MR) is 79.0 cm³/mol. The fraction of sp³-hybridized carbons (Fsp3) is 0.250. The highest BCUT2D eigenvalue weighted by atomic mass is 16.5. The van der Waals surface area contributed by atoms with Gasteiger partial charge in [0.2, 0.25) is 5.82 Å². The SMILES string of the molecule is COC(=O)c1ncnn1CC(=O)CCC1=C=C/C=C\C=C=C1. The molecule has 0 unspecified atom stereocenters. The summed E-state index contributed by atoms with van der Waals surface area (Å²) in [5.74, 6) is -0.648. The summed E-state index contributed by atoms with van der Waals surface area (Å²) in [6.07, 6.45) is 11.2. The molecule has 2 rings (SSSR count). The van der Waals surface area contributed by atoms with Gasteiger partial charge in [-0.1, -0.05) is 12.2 Å². The van der Waals surface area contributed by atoms with E-state index in [1.807, 2.05) is 12.2 Å². The molecule has 1 aromatic rings. The minimum atomic E-state index is -0.615. The molecule has 1 aromatic heterocycles. The van der Waals surface area contributed by atoms with Crippen molar-refractivity contribution in [2.24, 2.45) is 0 Å². The van der Waals surface area contributed by atoms with Crippen LogP contribution in [-0.2, 0) is 16.1 Å². The molecule has 0 aromatic carbocycles. The van der Waals surface area contributed by atoms with Gasteiger partial charge in [0.05, 0.1) is 7.11 Å². The van der Waals surface area contributed by atoms with Gasteiger partial charge in [0.1, 0.15) is 12.9 Å². The van der Waals surface area contributed by atoms with Crippen LogP contribution in [0.4, 0.5) is 0 Å². The highest BCUT2D eigenvalue weighted by Gasteiger charge is 2.16. The third-order valence-corrected chi connectivity index (χ3v) is 2.91. The topological polar surface area (TPSA) is 74.1 Å². The molecule has 0 aliphatic heterocycles. The second kappa shape index (κ2) is 7.74. The molecule has 112 valence electrons. The molecule has 0 N–H and O–H groups in total. The van der Waals surface area contributed by atoms with Gasteiger partial charge in [-0.05, 0) is 24.6 Å². The average molecular weight is 297 g/mol. The van der Waals surface area contributed by atoms with Crippen LogP contribution in [0.5, 0.6) is 0 Å². The molecule has 6 nitrogen and oxygen atoms in total. The first kappa shape index (κ1) is 15.4. The van der Waals surface area contributed by atoms with Gasteiger partial charge in [-0.3, -0.25) is 4.79 Å². The van der Waals surface area contributed by atoms with E-state index in [2.05, 4.69) is 26.3 Å². The van der Waals surface area contributed by atoms with Crippen LogP contribution in [0.2, 0.25) is 0 Å². The van der Waals surface area contributed by atoms with Crippen LogP contribution in [-0.4, -0.2) is 33.6 Å². The Morgan fingerprint density at radius 1 is 1.32 bits per heavy atom. The molecule has 0 spiro atoms. The number of rotatable bonds is 6. The molecule has 0 amide bonds. The smallest absolute Gasteiger partial charge is 0.375 e. The Kier molecular flexibility index (Phi) is 5.44. The van der Waals surface area contributed by atoms with E-state index in [0.717, 1.165) is 5.57 Å². The monoisotopic (exact) mass is 297 g/mol. The van der Waals surface area contributed by atoms with Crippen LogP contribution in [0.15, 0.2) is 53.7 Å². The molecule has 1 heterocycles. The summed E-state index contributed by atoms with van der Waals surface area (Å²) in [6.45, 7) is -0.0130. The van der Waals surface area contributed by atoms with Crippen molar-refractivity contribution in [1.29, 1.82) is 0 Å². The molecule has 0 fully saturated rings. The maximum Gasteiger partial charge on any atom is 0.375 e. The number of nitrogens with zero attached hydrogens (tertiary/aromatic N) is 3. The molecule has 0 saturated carbocycles. The number of carbonyl (C=O) groups excluding carboxylic acids is 2.